The number of amides is 1. The maximum atomic E-state index is 12.8. The Morgan fingerprint density at radius 1 is 1.06 bits per heavy atom. The summed E-state index contributed by atoms with van der Waals surface area (Å²) in [7, 11) is 0. The third-order valence-corrected chi connectivity index (χ3v) is 7.19. The lowest BCUT2D eigenvalue weighted by Crippen LogP contribution is -2.38. The van der Waals surface area contributed by atoms with Crippen molar-refractivity contribution in [1.82, 2.24) is 19.8 Å². The van der Waals surface area contributed by atoms with Crippen LogP contribution in [-0.2, 0) is 4.74 Å². The van der Waals surface area contributed by atoms with Crippen molar-refractivity contribution in [3.63, 3.8) is 0 Å². The van der Waals surface area contributed by atoms with Gasteiger partial charge < -0.3 is 19.0 Å². The van der Waals surface area contributed by atoms with Gasteiger partial charge in [0.25, 0.3) is 5.91 Å². The van der Waals surface area contributed by atoms with Gasteiger partial charge in [-0.05, 0) is 44.9 Å². The fraction of sp³-hybridized carbons (Fsp3) is 0.500. The van der Waals surface area contributed by atoms with Gasteiger partial charge in [0.1, 0.15) is 5.69 Å². The van der Waals surface area contributed by atoms with Crippen molar-refractivity contribution < 1.29 is 13.9 Å². The average Bonchev–Trinajstić information content (AvgIpc) is 3.56. The van der Waals surface area contributed by atoms with Gasteiger partial charge in [0.2, 0.25) is 0 Å². The van der Waals surface area contributed by atoms with Gasteiger partial charge in [-0.3, -0.25) is 9.69 Å². The van der Waals surface area contributed by atoms with Crippen LogP contribution >= 0.6 is 0 Å². The lowest BCUT2D eigenvalue weighted by Gasteiger charge is -2.26. The first-order valence-corrected chi connectivity index (χ1v) is 13.0. The van der Waals surface area contributed by atoms with Crippen molar-refractivity contribution in [2.75, 3.05) is 39.4 Å². The van der Waals surface area contributed by atoms with E-state index >= 15 is 0 Å². The number of hydrogen-bond acceptors (Lipinski definition) is 5. The van der Waals surface area contributed by atoms with Crippen molar-refractivity contribution in [2.24, 2.45) is 0 Å². The summed E-state index contributed by atoms with van der Waals surface area (Å²) >= 11 is 0. The van der Waals surface area contributed by atoms with E-state index in [2.05, 4.69) is 46.0 Å². The Morgan fingerprint density at radius 2 is 1.83 bits per heavy atom. The summed E-state index contributed by atoms with van der Waals surface area (Å²) in [6.07, 6.45) is 8.92. The highest BCUT2D eigenvalue weighted by molar-refractivity contribution is 5.92. The Bertz CT molecular complexity index is 1110. The quantitative estimate of drug-likeness (QED) is 0.459. The van der Waals surface area contributed by atoms with Crippen LogP contribution in [0.3, 0.4) is 0 Å². The molecule has 1 aliphatic carbocycles. The molecule has 5 rings (SSSR count). The predicted molar refractivity (Wildman–Crippen MR) is 136 cm³/mol. The Labute approximate surface area is 207 Å². The number of nitrogens with zero attached hydrogens (tertiary/aromatic N) is 3. The van der Waals surface area contributed by atoms with Gasteiger partial charge in [-0.25, -0.2) is 4.98 Å². The zero-order valence-electron chi connectivity index (χ0n) is 20.7. The summed E-state index contributed by atoms with van der Waals surface area (Å²) in [5.41, 5.74) is 4.15. The zero-order chi connectivity index (χ0) is 24.0. The molecule has 1 N–H and O–H groups in total. The number of furan rings is 1. The van der Waals surface area contributed by atoms with Crippen molar-refractivity contribution in [2.45, 2.75) is 51.5 Å². The molecule has 1 saturated carbocycles. The van der Waals surface area contributed by atoms with E-state index in [1.54, 1.807) is 6.07 Å². The normalized spacial score (nSPS) is 17.5. The maximum absolute atomic E-state index is 12.8. The van der Waals surface area contributed by atoms with Gasteiger partial charge in [0.05, 0.1) is 25.2 Å². The van der Waals surface area contributed by atoms with Gasteiger partial charge in [0.15, 0.2) is 11.5 Å². The fourth-order valence-electron chi connectivity index (χ4n) is 5.17. The largest absolute Gasteiger partial charge is 0.449 e. The molecular weight excluding hydrogens is 440 g/mol. The summed E-state index contributed by atoms with van der Waals surface area (Å²) in [6, 6.07) is 12.5. The number of aryl methyl sites for hydroxylation is 1. The lowest BCUT2D eigenvalue weighted by molar-refractivity contribution is 0.0374. The molecule has 7 heteroatoms. The first-order chi connectivity index (χ1) is 17.2. The minimum Gasteiger partial charge on any atom is -0.449 e. The van der Waals surface area contributed by atoms with E-state index in [9.17, 15) is 4.79 Å². The smallest absolute Gasteiger partial charge is 0.287 e. The Hall–Kier alpha value is -2.90. The molecule has 1 aromatic carbocycles. The van der Waals surface area contributed by atoms with Gasteiger partial charge >= 0.3 is 0 Å². The molecule has 186 valence electrons. The standard InChI is InChI=1S/C28H36N4O3/c1-21-8-10-22(11-9-21)26-27(32(20-30-26)23-6-3-2-4-7-23)24-12-13-25(35-24)28(33)29-14-5-15-31-16-18-34-19-17-31/h8-13,20,23H,2-7,14-19H2,1H3,(H,29,33). The molecule has 1 aliphatic heterocycles. The van der Waals surface area contributed by atoms with Gasteiger partial charge in [-0.2, -0.15) is 0 Å². The second kappa shape index (κ2) is 11.2. The van der Waals surface area contributed by atoms with Crippen LogP contribution in [-0.4, -0.2) is 59.8 Å². The van der Waals surface area contributed by atoms with Crippen molar-refractivity contribution >= 4 is 5.91 Å². The van der Waals surface area contributed by atoms with Crippen molar-refractivity contribution in [3.05, 3.63) is 54.0 Å². The highest BCUT2D eigenvalue weighted by Crippen LogP contribution is 2.38. The molecule has 3 heterocycles. The molecule has 0 atom stereocenters. The molecule has 2 fully saturated rings. The van der Waals surface area contributed by atoms with E-state index in [-0.39, 0.29) is 5.91 Å². The number of ether oxygens (including phenoxy) is 1. The number of aromatic nitrogens is 2. The SMILES string of the molecule is Cc1ccc(-c2ncn(C3CCCCC3)c2-c2ccc(C(=O)NCCCN3CCOCC3)o2)cc1. The van der Waals surface area contributed by atoms with Crippen molar-refractivity contribution in [3.8, 4) is 22.7 Å². The first-order valence-electron chi connectivity index (χ1n) is 13.0. The second-order valence-corrected chi connectivity index (χ2v) is 9.73. The summed E-state index contributed by atoms with van der Waals surface area (Å²) in [4.78, 5) is 20.0. The summed E-state index contributed by atoms with van der Waals surface area (Å²) < 4.78 is 13.8. The molecule has 3 aromatic rings. The predicted octanol–water partition coefficient (Wildman–Crippen LogP) is 5.08. The number of morpholine rings is 1. The molecule has 0 unspecified atom stereocenters. The molecule has 2 aliphatic rings. The van der Waals surface area contributed by atoms with E-state index < -0.39 is 0 Å². The first kappa shape index (κ1) is 23.8. The van der Waals surface area contributed by atoms with Gasteiger partial charge in [0, 0.05) is 31.2 Å². The van der Waals surface area contributed by atoms with Crippen LogP contribution in [0.15, 0.2) is 47.1 Å². The van der Waals surface area contributed by atoms with E-state index in [1.165, 1.54) is 24.8 Å². The molecule has 0 radical (unpaired) electrons. The summed E-state index contributed by atoms with van der Waals surface area (Å²) in [5, 5.41) is 3.01. The third-order valence-electron chi connectivity index (χ3n) is 7.19. The van der Waals surface area contributed by atoms with Gasteiger partial charge in [-0.15, -0.1) is 0 Å². The number of benzene rings is 1. The minimum absolute atomic E-state index is 0.168. The zero-order valence-corrected chi connectivity index (χ0v) is 20.7. The average molecular weight is 477 g/mol. The van der Waals surface area contributed by atoms with Crippen LogP contribution < -0.4 is 5.32 Å². The third kappa shape index (κ3) is 5.68. The Balaban J connectivity index is 1.32. The van der Waals surface area contributed by atoms with E-state index in [4.69, 9.17) is 14.1 Å². The summed E-state index contributed by atoms with van der Waals surface area (Å²) in [6.45, 7) is 7.20. The minimum atomic E-state index is -0.168. The van der Waals surface area contributed by atoms with E-state index in [1.807, 2.05) is 12.4 Å². The highest BCUT2D eigenvalue weighted by atomic mass is 16.5. The molecular formula is C28H36N4O3. The number of nitrogens with one attached hydrogen (secondary N) is 1. The highest BCUT2D eigenvalue weighted by Gasteiger charge is 2.25. The van der Waals surface area contributed by atoms with Crippen LogP contribution in [0.25, 0.3) is 22.7 Å². The van der Waals surface area contributed by atoms with Crippen LogP contribution in [0.1, 0.15) is 60.7 Å². The second-order valence-electron chi connectivity index (χ2n) is 9.73. The molecule has 1 saturated heterocycles. The fourth-order valence-corrected chi connectivity index (χ4v) is 5.17. The lowest BCUT2D eigenvalue weighted by atomic mass is 9.95. The van der Waals surface area contributed by atoms with E-state index in [0.717, 1.165) is 69.1 Å². The number of hydrogen-bond donors (Lipinski definition) is 1. The van der Waals surface area contributed by atoms with Crippen LogP contribution in [0.2, 0.25) is 0 Å². The number of carbonyl (C=O) groups excluding carboxylic acids is 1. The molecule has 1 amide bonds. The molecule has 7 nitrogen and oxygen atoms in total. The number of imidazole rings is 1. The van der Waals surface area contributed by atoms with Gasteiger partial charge in [-0.1, -0.05) is 49.1 Å². The number of rotatable bonds is 8. The van der Waals surface area contributed by atoms with Crippen LogP contribution in [0.5, 0.6) is 0 Å². The van der Waals surface area contributed by atoms with Crippen LogP contribution in [0.4, 0.5) is 0 Å². The monoisotopic (exact) mass is 476 g/mol. The molecule has 0 spiro atoms. The Morgan fingerprint density at radius 3 is 2.60 bits per heavy atom. The van der Waals surface area contributed by atoms with Crippen molar-refractivity contribution in [1.29, 1.82) is 0 Å². The number of carbonyl (C=O) groups is 1. The molecule has 0 bridgehead atoms. The maximum Gasteiger partial charge on any atom is 0.287 e. The molecule has 2 aromatic heterocycles. The topological polar surface area (TPSA) is 72.5 Å². The summed E-state index contributed by atoms with van der Waals surface area (Å²) in [5.74, 6) is 0.874. The van der Waals surface area contributed by atoms with Crippen LogP contribution in [0, 0.1) is 6.92 Å². The molecule has 35 heavy (non-hydrogen) atoms. The Kier molecular flexibility index (Phi) is 7.64. The van der Waals surface area contributed by atoms with E-state index in [0.29, 0.717) is 24.1 Å².